The van der Waals surface area contributed by atoms with E-state index in [1.807, 2.05) is 6.07 Å². The molecule has 0 radical (unpaired) electrons. The highest BCUT2D eigenvalue weighted by Crippen LogP contribution is 2.24. The summed E-state index contributed by atoms with van der Waals surface area (Å²) in [6.45, 7) is 0. The maximum absolute atomic E-state index is 12.1. The van der Waals surface area contributed by atoms with Gasteiger partial charge in [0.05, 0.1) is 35.3 Å². The molecule has 2 aromatic carbocycles. The van der Waals surface area contributed by atoms with Crippen LogP contribution >= 0.6 is 0 Å². The lowest BCUT2D eigenvalue weighted by Crippen LogP contribution is -2.12. The number of aromatic nitrogens is 2. The molecule has 0 fully saturated rings. The number of para-hydroxylation sites is 1. The summed E-state index contributed by atoms with van der Waals surface area (Å²) in [6.07, 6.45) is 1.27. The van der Waals surface area contributed by atoms with Crippen LogP contribution in [0.5, 0.6) is 5.75 Å². The number of ether oxygens (including phenoxy) is 1. The van der Waals surface area contributed by atoms with Crippen molar-refractivity contribution >= 4 is 22.9 Å². The molecule has 0 aliphatic heterocycles. The molecule has 0 bridgehead atoms. The van der Waals surface area contributed by atoms with Gasteiger partial charge in [-0.05, 0) is 30.3 Å². The molecule has 3 rings (SSSR count). The molecule has 0 unspecified atom stereocenters. The number of aromatic amines is 1. The molecular formula is C18H13N3O3. The van der Waals surface area contributed by atoms with Crippen molar-refractivity contribution in [2.24, 2.45) is 0 Å². The minimum absolute atomic E-state index is 0.0426. The average molecular weight is 319 g/mol. The van der Waals surface area contributed by atoms with Gasteiger partial charge in [-0.25, -0.2) is 4.98 Å². The Labute approximate surface area is 137 Å². The van der Waals surface area contributed by atoms with Gasteiger partial charge in [-0.2, -0.15) is 5.26 Å². The van der Waals surface area contributed by atoms with Crippen molar-refractivity contribution in [1.82, 2.24) is 9.97 Å². The Bertz CT molecular complexity index is 1050. The quantitative estimate of drug-likeness (QED) is 0.723. The van der Waals surface area contributed by atoms with Gasteiger partial charge >= 0.3 is 0 Å². The second kappa shape index (κ2) is 6.26. The number of benzene rings is 2. The first kappa shape index (κ1) is 15.3. The topological polar surface area (TPSA) is 99.0 Å². The highest BCUT2D eigenvalue weighted by Gasteiger charge is 2.09. The van der Waals surface area contributed by atoms with Gasteiger partial charge in [-0.3, -0.25) is 4.79 Å². The Morgan fingerprint density at radius 1 is 1.33 bits per heavy atom. The second-order valence-corrected chi connectivity index (χ2v) is 5.02. The molecule has 6 nitrogen and oxygen atoms in total. The fraction of sp³-hybridized carbons (Fsp3) is 0.0556. The van der Waals surface area contributed by atoms with Gasteiger partial charge < -0.3 is 14.8 Å². The standard InChI is InChI=1S/C18H13N3O3/c1-24-17-5-3-2-4-12(17)16(22)9-15-18(23)21-13-7-6-11(10-19)8-14(13)20-15/h2-9,22H,1H3,(H,21,23)/b16-9-. The number of fused-ring (bicyclic) bond motifs is 1. The van der Waals surface area contributed by atoms with E-state index in [2.05, 4.69) is 9.97 Å². The summed E-state index contributed by atoms with van der Waals surface area (Å²) in [5, 5.41) is 19.3. The zero-order valence-electron chi connectivity index (χ0n) is 12.8. The van der Waals surface area contributed by atoms with Crippen LogP contribution in [0.4, 0.5) is 0 Å². The lowest BCUT2D eigenvalue weighted by molar-refractivity contribution is 0.409. The number of nitrogens with one attached hydrogen (secondary N) is 1. The number of nitriles is 1. The number of nitrogens with zero attached hydrogens (tertiary/aromatic N) is 2. The summed E-state index contributed by atoms with van der Waals surface area (Å²) in [4.78, 5) is 19.1. The molecule has 0 aliphatic carbocycles. The number of hydrogen-bond acceptors (Lipinski definition) is 5. The van der Waals surface area contributed by atoms with Crippen LogP contribution in [0.2, 0.25) is 0 Å². The van der Waals surface area contributed by atoms with E-state index in [9.17, 15) is 9.90 Å². The molecule has 0 atom stereocenters. The third kappa shape index (κ3) is 2.83. The minimum Gasteiger partial charge on any atom is -0.507 e. The Balaban J connectivity index is 2.13. The summed E-state index contributed by atoms with van der Waals surface area (Å²) in [6, 6.07) is 13.7. The van der Waals surface area contributed by atoms with Gasteiger partial charge in [0.25, 0.3) is 5.56 Å². The SMILES string of the molecule is COc1ccccc1/C(O)=C/c1nc2cc(C#N)ccc2[nH]c1=O. The number of rotatable bonds is 3. The van der Waals surface area contributed by atoms with Gasteiger partial charge in [0.2, 0.25) is 0 Å². The molecule has 1 aromatic heterocycles. The van der Waals surface area contributed by atoms with Crippen LogP contribution in [0.25, 0.3) is 22.9 Å². The van der Waals surface area contributed by atoms with Gasteiger partial charge in [0.15, 0.2) is 0 Å². The number of aliphatic hydroxyl groups is 1. The van der Waals surface area contributed by atoms with Crippen LogP contribution in [-0.4, -0.2) is 22.2 Å². The number of methoxy groups -OCH3 is 1. The molecular weight excluding hydrogens is 306 g/mol. The highest BCUT2D eigenvalue weighted by molar-refractivity contribution is 5.81. The molecule has 1 heterocycles. The van der Waals surface area contributed by atoms with Crippen molar-refractivity contribution in [3.63, 3.8) is 0 Å². The third-order valence-corrected chi connectivity index (χ3v) is 3.50. The largest absolute Gasteiger partial charge is 0.507 e. The van der Waals surface area contributed by atoms with Gasteiger partial charge in [-0.1, -0.05) is 12.1 Å². The van der Waals surface area contributed by atoms with E-state index in [0.29, 0.717) is 27.9 Å². The molecule has 0 spiro atoms. The fourth-order valence-corrected chi connectivity index (χ4v) is 2.33. The van der Waals surface area contributed by atoms with Crippen LogP contribution < -0.4 is 10.3 Å². The number of H-pyrrole nitrogens is 1. The van der Waals surface area contributed by atoms with Crippen molar-refractivity contribution in [3.05, 3.63) is 69.6 Å². The molecule has 24 heavy (non-hydrogen) atoms. The first-order chi connectivity index (χ1) is 11.6. The maximum atomic E-state index is 12.1. The van der Waals surface area contributed by atoms with E-state index in [-0.39, 0.29) is 11.5 Å². The number of aliphatic hydroxyl groups excluding tert-OH is 1. The van der Waals surface area contributed by atoms with E-state index < -0.39 is 5.56 Å². The summed E-state index contributed by atoms with van der Waals surface area (Å²) >= 11 is 0. The molecule has 0 amide bonds. The summed E-state index contributed by atoms with van der Waals surface area (Å²) in [5.74, 6) is 0.344. The fourth-order valence-electron chi connectivity index (χ4n) is 2.33. The van der Waals surface area contributed by atoms with Crippen LogP contribution in [0.15, 0.2) is 47.3 Å². The van der Waals surface area contributed by atoms with E-state index in [1.54, 1.807) is 42.5 Å². The zero-order valence-corrected chi connectivity index (χ0v) is 12.8. The predicted octanol–water partition coefficient (Wildman–Crippen LogP) is 2.86. The van der Waals surface area contributed by atoms with Crippen LogP contribution in [0.1, 0.15) is 16.8 Å². The monoisotopic (exact) mass is 319 g/mol. The lowest BCUT2D eigenvalue weighted by Gasteiger charge is -2.07. The first-order valence-corrected chi connectivity index (χ1v) is 7.10. The van der Waals surface area contributed by atoms with Crippen molar-refractivity contribution in [2.75, 3.05) is 7.11 Å². The zero-order chi connectivity index (χ0) is 17.1. The molecule has 6 heteroatoms. The predicted molar refractivity (Wildman–Crippen MR) is 90.6 cm³/mol. The van der Waals surface area contributed by atoms with Gasteiger partial charge in [-0.15, -0.1) is 0 Å². The third-order valence-electron chi connectivity index (χ3n) is 3.50. The van der Waals surface area contributed by atoms with Crippen molar-refractivity contribution in [2.45, 2.75) is 0 Å². The smallest absolute Gasteiger partial charge is 0.274 e. The molecule has 2 N–H and O–H groups in total. The highest BCUT2D eigenvalue weighted by atomic mass is 16.5. The number of hydrogen-bond donors (Lipinski definition) is 2. The Morgan fingerprint density at radius 3 is 2.88 bits per heavy atom. The maximum Gasteiger partial charge on any atom is 0.274 e. The minimum atomic E-state index is -0.436. The van der Waals surface area contributed by atoms with Crippen LogP contribution in [0.3, 0.4) is 0 Å². The van der Waals surface area contributed by atoms with Gasteiger partial charge in [0.1, 0.15) is 17.2 Å². The van der Waals surface area contributed by atoms with Crippen LogP contribution in [0, 0.1) is 11.3 Å². The molecule has 118 valence electrons. The van der Waals surface area contributed by atoms with E-state index in [1.165, 1.54) is 13.2 Å². The van der Waals surface area contributed by atoms with E-state index >= 15 is 0 Å². The Kier molecular flexibility index (Phi) is 4.00. The normalized spacial score (nSPS) is 11.2. The summed E-state index contributed by atoms with van der Waals surface area (Å²) in [5.41, 5.74) is 1.48. The Morgan fingerprint density at radius 2 is 2.12 bits per heavy atom. The summed E-state index contributed by atoms with van der Waals surface area (Å²) < 4.78 is 5.19. The average Bonchev–Trinajstić information content (AvgIpc) is 2.61. The van der Waals surface area contributed by atoms with E-state index in [0.717, 1.165) is 0 Å². The van der Waals surface area contributed by atoms with Crippen molar-refractivity contribution < 1.29 is 9.84 Å². The lowest BCUT2D eigenvalue weighted by atomic mass is 10.1. The molecule has 0 saturated carbocycles. The van der Waals surface area contributed by atoms with Gasteiger partial charge in [0, 0.05) is 6.08 Å². The van der Waals surface area contributed by atoms with Crippen molar-refractivity contribution in [3.8, 4) is 11.8 Å². The molecule has 3 aromatic rings. The molecule has 0 aliphatic rings. The molecule has 0 saturated heterocycles. The summed E-state index contributed by atoms with van der Waals surface area (Å²) in [7, 11) is 1.50. The Hall–Kier alpha value is -3.59. The van der Waals surface area contributed by atoms with Crippen molar-refractivity contribution in [1.29, 1.82) is 5.26 Å². The second-order valence-electron chi connectivity index (χ2n) is 5.02. The van der Waals surface area contributed by atoms with Crippen LogP contribution in [-0.2, 0) is 0 Å². The van der Waals surface area contributed by atoms with E-state index in [4.69, 9.17) is 10.00 Å². The first-order valence-electron chi connectivity index (χ1n) is 7.10.